The van der Waals surface area contributed by atoms with Crippen LogP contribution in [0, 0.1) is 0 Å². The monoisotopic (exact) mass is 390 g/mol. The van der Waals surface area contributed by atoms with Gasteiger partial charge in [0.15, 0.2) is 0 Å². The number of carbonyl (C=O) groups is 1. The lowest BCUT2D eigenvalue weighted by Gasteiger charge is -2.26. The zero-order valence-electron chi connectivity index (χ0n) is 15.9. The topological polar surface area (TPSA) is 75.7 Å². The zero-order valence-corrected chi connectivity index (χ0v) is 16.7. The maximum atomic E-state index is 13.3. The first-order valence-corrected chi connectivity index (χ1v) is 10.4. The van der Waals surface area contributed by atoms with Crippen LogP contribution in [0.25, 0.3) is 0 Å². The second kappa shape index (κ2) is 9.41. The van der Waals surface area contributed by atoms with Gasteiger partial charge in [0, 0.05) is 6.04 Å². The third kappa shape index (κ3) is 5.23. The number of nitrogens with one attached hydrogen (secondary N) is 1. The second-order valence-electron chi connectivity index (χ2n) is 6.10. The number of benzene rings is 2. The van der Waals surface area contributed by atoms with Crippen molar-refractivity contribution in [2.45, 2.75) is 38.1 Å². The molecule has 0 fully saturated rings. The summed E-state index contributed by atoms with van der Waals surface area (Å²) in [7, 11) is -3.94. The highest BCUT2D eigenvalue weighted by Gasteiger charge is 2.29. The van der Waals surface area contributed by atoms with Crippen LogP contribution < -0.4 is 14.4 Å². The molecule has 0 aliphatic heterocycles. The Morgan fingerprint density at radius 1 is 1.07 bits per heavy atom. The summed E-state index contributed by atoms with van der Waals surface area (Å²) in [5, 5.41) is 2.82. The number of hydrogen-bond acceptors (Lipinski definition) is 4. The summed E-state index contributed by atoms with van der Waals surface area (Å²) in [5.41, 5.74) is 0.336. The van der Waals surface area contributed by atoms with Gasteiger partial charge in [0.25, 0.3) is 10.0 Å². The molecule has 0 heterocycles. The average Bonchev–Trinajstić information content (AvgIpc) is 2.67. The van der Waals surface area contributed by atoms with Crippen molar-refractivity contribution in [1.82, 2.24) is 5.32 Å². The predicted octanol–water partition coefficient (Wildman–Crippen LogP) is 3.20. The van der Waals surface area contributed by atoms with Gasteiger partial charge in [-0.05, 0) is 44.5 Å². The predicted molar refractivity (Wildman–Crippen MR) is 106 cm³/mol. The van der Waals surface area contributed by atoms with E-state index >= 15 is 0 Å². The fourth-order valence-electron chi connectivity index (χ4n) is 2.51. The molecule has 1 atom stereocenters. The van der Waals surface area contributed by atoms with Crippen LogP contribution in [0.4, 0.5) is 5.69 Å². The number of sulfonamides is 1. The molecular formula is C20H26N2O4S. The average molecular weight is 391 g/mol. The van der Waals surface area contributed by atoms with Crippen LogP contribution in [0.3, 0.4) is 0 Å². The summed E-state index contributed by atoms with van der Waals surface area (Å²) in [4.78, 5) is 12.6. The summed E-state index contributed by atoms with van der Waals surface area (Å²) in [5.74, 6) is 0.0472. The van der Waals surface area contributed by atoms with Crippen LogP contribution in [0.1, 0.15) is 27.2 Å². The van der Waals surface area contributed by atoms with Crippen molar-refractivity contribution in [3.8, 4) is 5.75 Å². The number of rotatable bonds is 9. The summed E-state index contributed by atoms with van der Waals surface area (Å²) < 4.78 is 33.2. The van der Waals surface area contributed by atoms with Crippen molar-refractivity contribution in [1.29, 1.82) is 0 Å². The van der Waals surface area contributed by atoms with Crippen molar-refractivity contribution in [2.75, 3.05) is 17.5 Å². The Bertz CT molecular complexity index is 853. The van der Waals surface area contributed by atoms with Gasteiger partial charge in [-0.2, -0.15) is 0 Å². The summed E-state index contributed by atoms with van der Waals surface area (Å²) >= 11 is 0. The van der Waals surface area contributed by atoms with Gasteiger partial charge in [-0.3, -0.25) is 9.10 Å². The van der Waals surface area contributed by atoms with E-state index in [1.165, 1.54) is 12.1 Å². The van der Waals surface area contributed by atoms with Crippen LogP contribution in [0.15, 0.2) is 59.5 Å². The van der Waals surface area contributed by atoms with Crippen LogP contribution in [-0.2, 0) is 14.8 Å². The molecule has 1 amide bonds. The fraction of sp³-hybridized carbons (Fsp3) is 0.350. The molecule has 0 aromatic heterocycles. The normalized spacial score (nSPS) is 12.3. The van der Waals surface area contributed by atoms with Crippen LogP contribution in [0.5, 0.6) is 5.75 Å². The molecule has 2 aromatic carbocycles. The lowest BCUT2D eigenvalue weighted by molar-refractivity contribution is -0.120. The zero-order chi connectivity index (χ0) is 19.9. The molecule has 27 heavy (non-hydrogen) atoms. The Hall–Kier alpha value is -2.54. The van der Waals surface area contributed by atoms with Gasteiger partial charge in [0.05, 0.1) is 17.2 Å². The highest BCUT2D eigenvalue weighted by Crippen LogP contribution is 2.32. The lowest BCUT2D eigenvalue weighted by atomic mass is 10.2. The van der Waals surface area contributed by atoms with E-state index in [4.69, 9.17) is 4.74 Å². The number of anilines is 1. The largest absolute Gasteiger partial charge is 0.492 e. The molecule has 2 aromatic rings. The minimum Gasteiger partial charge on any atom is -0.492 e. The molecule has 1 N–H and O–H groups in total. The van der Waals surface area contributed by atoms with E-state index in [1.807, 2.05) is 20.8 Å². The van der Waals surface area contributed by atoms with E-state index in [0.29, 0.717) is 18.0 Å². The van der Waals surface area contributed by atoms with Gasteiger partial charge in [-0.1, -0.05) is 37.3 Å². The van der Waals surface area contributed by atoms with Gasteiger partial charge >= 0.3 is 0 Å². The van der Waals surface area contributed by atoms with Crippen molar-refractivity contribution in [3.63, 3.8) is 0 Å². The summed E-state index contributed by atoms with van der Waals surface area (Å²) in [6.07, 6.45) is 0.757. The number of carbonyl (C=O) groups excluding carboxylic acids is 1. The van der Waals surface area contributed by atoms with Crippen LogP contribution >= 0.6 is 0 Å². The molecule has 0 aliphatic rings. The maximum absolute atomic E-state index is 13.3. The van der Waals surface area contributed by atoms with Crippen LogP contribution in [-0.4, -0.2) is 33.5 Å². The Balaban J connectivity index is 2.48. The van der Waals surface area contributed by atoms with Gasteiger partial charge in [-0.15, -0.1) is 0 Å². The highest BCUT2D eigenvalue weighted by atomic mass is 32.2. The quantitative estimate of drug-likeness (QED) is 0.713. The Kier molecular flexibility index (Phi) is 7.24. The van der Waals surface area contributed by atoms with Gasteiger partial charge < -0.3 is 10.1 Å². The smallest absolute Gasteiger partial charge is 0.264 e. The SMILES string of the molecule is CCOc1ccccc1N(CC(=O)N[C@H](C)CC)S(=O)(=O)c1ccccc1. The third-order valence-corrected chi connectivity index (χ3v) is 5.85. The summed E-state index contributed by atoms with van der Waals surface area (Å²) in [6.45, 7) is 5.71. The minimum absolute atomic E-state index is 0.0408. The standard InChI is InChI=1S/C20H26N2O4S/c1-4-16(3)21-20(23)15-22(18-13-9-10-14-19(18)26-5-2)27(24,25)17-11-7-6-8-12-17/h6-14,16H,4-5,15H2,1-3H3,(H,21,23)/t16-/m1/s1. The van der Waals surface area contributed by atoms with E-state index < -0.39 is 10.0 Å². The first kappa shape index (κ1) is 20.8. The first-order chi connectivity index (χ1) is 12.9. The van der Waals surface area contributed by atoms with Crippen molar-refractivity contribution >= 4 is 21.6 Å². The Morgan fingerprint density at radius 2 is 1.70 bits per heavy atom. The molecule has 0 radical (unpaired) electrons. The number of ether oxygens (including phenoxy) is 1. The number of nitrogens with zero attached hydrogens (tertiary/aromatic N) is 1. The van der Waals surface area contributed by atoms with Crippen LogP contribution in [0.2, 0.25) is 0 Å². The lowest BCUT2D eigenvalue weighted by Crippen LogP contribution is -2.43. The van der Waals surface area contributed by atoms with Gasteiger partial charge in [-0.25, -0.2) is 8.42 Å². The van der Waals surface area contributed by atoms with E-state index in [9.17, 15) is 13.2 Å². The third-order valence-electron chi connectivity index (χ3n) is 4.07. The van der Waals surface area contributed by atoms with Crippen molar-refractivity contribution < 1.29 is 17.9 Å². The van der Waals surface area contributed by atoms with Gasteiger partial charge in [0.1, 0.15) is 12.3 Å². The molecule has 0 aliphatic carbocycles. The molecule has 6 nitrogen and oxygen atoms in total. The van der Waals surface area contributed by atoms with E-state index in [1.54, 1.807) is 42.5 Å². The minimum atomic E-state index is -3.94. The first-order valence-electron chi connectivity index (χ1n) is 8.99. The highest BCUT2D eigenvalue weighted by molar-refractivity contribution is 7.92. The molecule has 2 rings (SSSR count). The molecule has 0 saturated carbocycles. The number of para-hydroxylation sites is 2. The number of amides is 1. The second-order valence-corrected chi connectivity index (χ2v) is 7.96. The molecule has 0 bridgehead atoms. The maximum Gasteiger partial charge on any atom is 0.264 e. The van der Waals surface area contributed by atoms with E-state index in [0.717, 1.165) is 10.7 Å². The van der Waals surface area contributed by atoms with Gasteiger partial charge in [0.2, 0.25) is 5.91 Å². The molecule has 0 spiro atoms. The molecule has 7 heteroatoms. The summed E-state index contributed by atoms with van der Waals surface area (Å²) in [6, 6.07) is 14.8. The van der Waals surface area contributed by atoms with Crippen molar-refractivity contribution in [3.05, 3.63) is 54.6 Å². The van der Waals surface area contributed by atoms with E-state index in [2.05, 4.69) is 5.32 Å². The fourth-order valence-corrected chi connectivity index (χ4v) is 3.97. The Labute approximate surface area is 161 Å². The molecule has 0 saturated heterocycles. The van der Waals surface area contributed by atoms with Crippen molar-refractivity contribution in [2.24, 2.45) is 0 Å². The Morgan fingerprint density at radius 3 is 2.33 bits per heavy atom. The number of hydrogen-bond donors (Lipinski definition) is 1. The molecular weight excluding hydrogens is 364 g/mol. The van der Waals surface area contributed by atoms with E-state index in [-0.39, 0.29) is 23.4 Å². The molecule has 0 unspecified atom stereocenters. The molecule has 146 valence electrons.